The van der Waals surface area contributed by atoms with Gasteiger partial charge < -0.3 is 11.1 Å². The number of halogens is 2. The van der Waals surface area contributed by atoms with Gasteiger partial charge in [-0.25, -0.2) is 4.39 Å². The first kappa shape index (κ1) is 15.7. The summed E-state index contributed by atoms with van der Waals surface area (Å²) in [6.07, 6.45) is 2.44. The van der Waals surface area contributed by atoms with Gasteiger partial charge >= 0.3 is 0 Å². The smallest absolute Gasteiger partial charge is 0.248 e. The Morgan fingerprint density at radius 2 is 1.91 bits per heavy atom. The minimum absolute atomic E-state index is 0.130. The lowest BCUT2D eigenvalue weighted by Crippen LogP contribution is -2.12. The van der Waals surface area contributed by atoms with Crippen LogP contribution in [0.25, 0.3) is 6.08 Å². The number of anilines is 1. The van der Waals surface area contributed by atoms with Crippen molar-refractivity contribution in [3.63, 3.8) is 0 Å². The first-order valence-electron chi connectivity index (χ1n) is 6.30. The van der Waals surface area contributed by atoms with Gasteiger partial charge in [-0.3, -0.25) is 9.59 Å². The lowest BCUT2D eigenvalue weighted by Gasteiger charge is -2.04. The fourth-order valence-corrected chi connectivity index (χ4v) is 1.99. The number of carbonyl (C=O) groups excluding carboxylic acids is 2. The van der Waals surface area contributed by atoms with Crippen molar-refractivity contribution in [1.29, 1.82) is 0 Å². The van der Waals surface area contributed by atoms with E-state index >= 15 is 0 Å². The van der Waals surface area contributed by atoms with Crippen LogP contribution in [0.15, 0.2) is 48.5 Å². The van der Waals surface area contributed by atoms with E-state index in [9.17, 15) is 14.0 Å². The lowest BCUT2D eigenvalue weighted by atomic mass is 10.2. The van der Waals surface area contributed by atoms with Crippen LogP contribution in [-0.2, 0) is 4.79 Å². The Kier molecular flexibility index (Phi) is 4.91. The Labute approximate surface area is 131 Å². The summed E-state index contributed by atoms with van der Waals surface area (Å²) >= 11 is 5.85. The molecular formula is C16H12ClFN2O2. The van der Waals surface area contributed by atoms with Gasteiger partial charge in [-0.15, -0.1) is 0 Å². The molecule has 0 spiro atoms. The van der Waals surface area contributed by atoms with Crippen molar-refractivity contribution in [2.45, 2.75) is 0 Å². The monoisotopic (exact) mass is 318 g/mol. The van der Waals surface area contributed by atoms with Gasteiger partial charge in [0, 0.05) is 22.9 Å². The Balaban J connectivity index is 2.12. The summed E-state index contributed by atoms with van der Waals surface area (Å²) in [5.74, 6) is -1.60. The van der Waals surface area contributed by atoms with E-state index in [1.165, 1.54) is 36.4 Å². The van der Waals surface area contributed by atoms with Crippen molar-refractivity contribution in [2.24, 2.45) is 5.73 Å². The molecule has 0 aliphatic heterocycles. The molecule has 0 fully saturated rings. The molecule has 22 heavy (non-hydrogen) atoms. The topological polar surface area (TPSA) is 72.2 Å². The highest BCUT2D eigenvalue weighted by Gasteiger charge is 2.05. The number of hydrogen-bond acceptors (Lipinski definition) is 2. The van der Waals surface area contributed by atoms with Crippen LogP contribution in [-0.4, -0.2) is 11.8 Å². The molecule has 6 heteroatoms. The molecule has 2 aromatic carbocycles. The second kappa shape index (κ2) is 6.87. The summed E-state index contributed by atoms with van der Waals surface area (Å²) < 4.78 is 13.6. The second-order valence-corrected chi connectivity index (χ2v) is 4.81. The molecule has 2 amide bonds. The molecular weight excluding hydrogens is 307 g/mol. The van der Waals surface area contributed by atoms with E-state index in [0.717, 1.165) is 6.08 Å². The molecule has 0 bridgehead atoms. The third-order valence-electron chi connectivity index (χ3n) is 2.82. The maximum atomic E-state index is 13.6. The third kappa shape index (κ3) is 3.93. The average Bonchev–Trinajstić information content (AvgIpc) is 2.47. The second-order valence-electron chi connectivity index (χ2n) is 4.40. The van der Waals surface area contributed by atoms with Crippen LogP contribution in [0.3, 0.4) is 0 Å². The van der Waals surface area contributed by atoms with Crippen LogP contribution in [0.5, 0.6) is 0 Å². The Morgan fingerprint density at radius 1 is 1.18 bits per heavy atom. The van der Waals surface area contributed by atoms with Crippen LogP contribution >= 0.6 is 11.6 Å². The van der Waals surface area contributed by atoms with E-state index < -0.39 is 17.6 Å². The van der Waals surface area contributed by atoms with Crippen LogP contribution in [0, 0.1) is 5.82 Å². The highest BCUT2D eigenvalue weighted by Crippen LogP contribution is 2.20. The quantitative estimate of drug-likeness (QED) is 0.849. The molecule has 2 aromatic rings. The van der Waals surface area contributed by atoms with Crippen molar-refractivity contribution in [3.05, 3.63) is 70.5 Å². The average molecular weight is 319 g/mol. The van der Waals surface area contributed by atoms with E-state index in [2.05, 4.69) is 5.32 Å². The van der Waals surface area contributed by atoms with E-state index in [0.29, 0.717) is 5.69 Å². The lowest BCUT2D eigenvalue weighted by molar-refractivity contribution is -0.111. The predicted molar refractivity (Wildman–Crippen MR) is 84.0 cm³/mol. The SMILES string of the molecule is NC(=O)c1cccc(NC(=O)/C=C\c2c(F)cccc2Cl)c1. The van der Waals surface area contributed by atoms with Gasteiger partial charge in [0.2, 0.25) is 11.8 Å². The van der Waals surface area contributed by atoms with Crippen molar-refractivity contribution >= 4 is 35.2 Å². The Morgan fingerprint density at radius 3 is 2.59 bits per heavy atom. The number of amides is 2. The zero-order valence-electron chi connectivity index (χ0n) is 11.3. The number of nitrogens with two attached hydrogens (primary N) is 1. The van der Waals surface area contributed by atoms with Crippen molar-refractivity contribution in [3.8, 4) is 0 Å². The largest absolute Gasteiger partial charge is 0.366 e. The van der Waals surface area contributed by atoms with Gasteiger partial charge in [-0.2, -0.15) is 0 Å². The van der Waals surface area contributed by atoms with Crippen molar-refractivity contribution < 1.29 is 14.0 Å². The van der Waals surface area contributed by atoms with Crippen molar-refractivity contribution in [2.75, 3.05) is 5.32 Å². The normalized spacial score (nSPS) is 10.6. The molecule has 0 radical (unpaired) electrons. The first-order chi connectivity index (χ1) is 10.5. The van der Waals surface area contributed by atoms with Gasteiger partial charge in [0.1, 0.15) is 5.82 Å². The van der Waals surface area contributed by atoms with E-state index in [4.69, 9.17) is 17.3 Å². The summed E-state index contributed by atoms with van der Waals surface area (Å²) in [5.41, 5.74) is 5.97. The molecule has 3 N–H and O–H groups in total. The predicted octanol–water partition coefficient (Wildman–Crippen LogP) is 3.23. The van der Waals surface area contributed by atoms with Gasteiger partial charge in [0.25, 0.3) is 0 Å². The molecule has 0 saturated heterocycles. The highest BCUT2D eigenvalue weighted by atomic mass is 35.5. The maximum absolute atomic E-state index is 13.6. The number of nitrogens with one attached hydrogen (secondary N) is 1. The molecule has 0 unspecified atom stereocenters. The molecule has 0 atom stereocenters. The van der Waals surface area contributed by atoms with Crippen LogP contribution < -0.4 is 11.1 Å². The minimum Gasteiger partial charge on any atom is -0.366 e. The van der Waals surface area contributed by atoms with Gasteiger partial charge in [-0.1, -0.05) is 23.7 Å². The van der Waals surface area contributed by atoms with E-state index in [-0.39, 0.29) is 16.1 Å². The van der Waals surface area contributed by atoms with E-state index in [1.54, 1.807) is 12.1 Å². The summed E-state index contributed by atoms with van der Waals surface area (Å²) in [6.45, 7) is 0. The summed E-state index contributed by atoms with van der Waals surface area (Å²) in [7, 11) is 0. The van der Waals surface area contributed by atoms with Gasteiger partial charge in [0.05, 0.1) is 5.02 Å². The number of benzene rings is 2. The van der Waals surface area contributed by atoms with Crippen LogP contribution in [0.4, 0.5) is 10.1 Å². The number of hydrogen-bond donors (Lipinski definition) is 2. The summed E-state index contributed by atoms with van der Waals surface area (Å²) in [6, 6.07) is 10.4. The van der Waals surface area contributed by atoms with Gasteiger partial charge in [-0.05, 0) is 36.4 Å². The molecule has 0 aliphatic carbocycles. The zero-order chi connectivity index (χ0) is 16.1. The summed E-state index contributed by atoms with van der Waals surface area (Å²) in [4.78, 5) is 22.9. The van der Waals surface area contributed by atoms with Gasteiger partial charge in [0.15, 0.2) is 0 Å². The van der Waals surface area contributed by atoms with Crippen LogP contribution in [0.1, 0.15) is 15.9 Å². The minimum atomic E-state index is -0.593. The maximum Gasteiger partial charge on any atom is 0.248 e. The van der Waals surface area contributed by atoms with Crippen molar-refractivity contribution in [1.82, 2.24) is 0 Å². The molecule has 112 valence electrons. The van der Waals surface area contributed by atoms with Crippen LogP contribution in [0.2, 0.25) is 5.02 Å². The molecule has 0 saturated carbocycles. The molecule has 2 rings (SSSR count). The molecule has 4 nitrogen and oxygen atoms in total. The number of rotatable bonds is 4. The fourth-order valence-electron chi connectivity index (χ4n) is 1.76. The molecule has 0 heterocycles. The third-order valence-corrected chi connectivity index (χ3v) is 3.15. The number of primary amides is 1. The molecule has 0 aromatic heterocycles. The Hall–Kier alpha value is -2.66. The zero-order valence-corrected chi connectivity index (χ0v) is 12.1. The first-order valence-corrected chi connectivity index (χ1v) is 6.68. The Bertz CT molecular complexity index is 739. The standard InChI is InChI=1S/C16H12ClFN2O2/c17-13-5-2-6-14(18)12(13)7-8-15(21)20-11-4-1-3-10(9-11)16(19)22/h1-9H,(H2,19,22)(H,20,21)/b8-7-. The fraction of sp³-hybridized carbons (Fsp3) is 0. The molecule has 0 aliphatic rings. The highest BCUT2D eigenvalue weighted by molar-refractivity contribution is 6.32. The number of carbonyl (C=O) groups is 2. The summed E-state index contributed by atoms with van der Waals surface area (Å²) in [5, 5.41) is 2.76. The van der Waals surface area contributed by atoms with E-state index in [1.807, 2.05) is 0 Å².